The predicted octanol–water partition coefficient (Wildman–Crippen LogP) is 2.71. The minimum absolute atomic E-state index is 0.316. The maximum absolute atomic E-state index is 10.4. The van der Waals surface area contributed by atoms with E-state index in [1.165, 1.54) is 12.8 Å². The van der Waals surface area contributed by atoms with Crippen LogP contribution in [0.2, 0.25) is 0 Å². The molecule has 1 aliphatic rings. The molecule has 3 N–H and O–H groups in total. The van der Waals surface area contributed by atoms with Crippen LogP contribution < -0.4 is 15.4 Å². The lowest BCUT2D eigenvalue weighted by atomic mass is 10.0. The van der Waals surface area contributed by atoms with Crippen molar-refractivity contribution < 1.29 is 14.6 Å². The van der Waals surface area contributed by atoms with Crippen LogP contribution in [0, 0.1) is 5.92 Å². The van der Waals surface area contributed by atoms with Crippen LogP contribution in [0.25, 0.3) is 0 Å². The van der Waals surface area contributed by atoms with Gasteiger partial charge in [-0.2, -0.15) is 0 Å². The number of rotatable bonds is 11. The van der Waals surface area contributed by atoms with Gasteiger partial charge in [0.25, 0.3) is 0 Å². The average Bonchev–Trinajstić information content (AvgIpc) is 3.24. The van der Waals surface area contributed by atoms with Gasteiger partial charge in [-0.15, -0.1) is 0 Å². The number of guanidine groups is 1. The summed E-state index contributed by atoms with van der Waals surface area (Å²) in [6, 6.07) is 7.92. The Morgan fingerprint density at radius 3 is 2.63 bits per heavy atom. The molecule has 1 saturated carbocycles. The Morgan fingerprint density at radius 1 is 1.22 bits per heavy atom. The van der Waals surface area contributed by atoms with Crippen molar-refractivity contribution >= 4 is 5.96 Å². The summed E-state index contributed by atoms with van der Waals surface area (Å²) < 4.78 is 10.6. The molecule has 2 rings (SSSR count). The van der Waals surface area contributed by atoms with Gasteiger partial charge in [-0.1, -0.05) is 25.0 Å². The molecule has 1 aromatic carbocycles. The first kappa shape index (κ1) is 21.5. The van der Waals surface area contributed by atoms with E-state index in [-0.39, 0.29) is 6.10 Å². The van der Waals surface area contributed by atoms with Crippen LogP contribution in [0.4, 0.5) is 0 Å². The lowest BCUT2D eigenvalue weighted by molar-refractivity contribution is 0.114. The number of aliphatic hydroxyl groups is 1. The molecule has 6 nitrogen and oxygen atoms in total. The Morgan fingerprint density at radius 2 is 1.96 bits per heavy atom. The Balaban J connectivity index is 1.86. The van der Waals surface area contributed by atoms with Crippen LogP contribution >= 0.6 is 0 Å². The molecule has 0 heterocycles. The first-order chi connectivity index (χ1) is 13.2. The average molecular weight is 378 g/mol. The Labute approximate surface area is 163 Å². The van der Waals surface area contributed by atoms with E-state index in [0.29, 0.717) is 19.0 Å². The highest BCUT2D eigenvalue weighted by molar-refractivity contribution is 5.79. The van der Waals surface area contributed by atoms with E-state index in [4.69, 9.17) is 9.47 Å². The van der Waals surface area contributed by atoms with Crippen molar-refractivity contribution in [2.45, 2.75) is 51.7 Å². The van der Waals surface area contributed by atoms with E-state index in [1.807, 2.05) is 31.2 Å². The summed E-state index contributed by atoms with van der Waals surface area (Å²) in [5.41, 5.74) is 1.11. The molecular weight excluding hydrogens is 342 g/mol. The number of methoxy groups -OCH3 is 1. The molecule has 1 aliphatic carbocycles. The smallest absolute Gasteiger partial charge is 0.191 e. The summed E-state index contributed by atoms with van der Waals surface area (Å²) >= 11 is 0. The van der Waals surface area contributed by atoms with Crippen molar-refractivity contribution in [2.24, 2.45) is 10.9 Å². The summed E-state index contributed by atoms with van der Waals surface area (Å²) in [7, 11) is 1.66. The summed E-state index contributed by atoms with van der Waals surface area (Å²) in [6.45, 7) is 5.37. The molecule has 0 saturated heterocycles. The third-order valence-corrected chi connectivity index (χ3v) is 4.96. The van der Waals surface area contributed by atoms with Gasteiger partial charge in [-0.3, -0.25) is 0 Å². The van der Waals surface area contributed by atoms with Gasteiger partial charge in [0.05, 0.1) is 19.8 Å². The fourth-order valence-electron chi connectivity index (χ4n) is 3.31. The quantitative estimate of drug-likeness (QED) is 0.314. The molecule has 1 atom stereocenters. The van der Waals surface area contributed by atoms with Crippen LogP contribution in [0.15, 0.2) is 29.3 Å². The van der Waals surface area contributed by atoms with Gasteiger partial charge in [-0.05, 0) is 49.8 Å². The largest absolute Gasteiger partial charge is 0.497 e. The van der Waals surface area contributed by atoms with Crippen molar-refractivity contribution in [2.75, 3.05) is 33.4 Å². The molecule has 0 amide bonds. The van der Waals surface area contributed by atoms with E-state index in [9.17, 15) is 5.11 Å². The van der Waals surface area contributed by atoms with Crippen molar-refractivity contribution in [1.29, 1.82) is 0 Å². The molecule has 0 spiro atoms. The normalized spacial score (nSPS) is 16.3. The monoisotopic (exact) mass is 377 g/mol. The highest BCUT2D eigenvalue weighted by Crippen LogP contribution is 2.27. The minimum atomic E-state index is -0.316. The molecular formula is C21H35N3O3. The third-order valence-electron chi connectivity index (χ3n) is 4.96. The zero-order chi connectivity index (χ0) is 19.3. The second kappa shape index (κ2) is 12.6. The van der Waals surface area contributed by atoms with E-state index in [1.54, 1.807) is 7.11 Å². The van der Waals surface area contributed by atoms with E-state index in [0.717, 1.165) is 56.3 Å². The van der Waals surface area contributed by atoms with Gasteiger partial charge >= 0.3 is 0 Å². The minimum Gasteiger partial charge on any atom is -0.497 e. The van der Waals surface area contributed by atoms with Crippen LogP contribution in [-0.4, -0.2) is 50.6 Å². The topological polar surface area (TPSA) is 75.1 Å². The molecule has 0 aliphatic heterocycles. The highest BCUT2D eigenvalue weighted by atomic mass is 16.5. The van der Waals surface area contributed by atoms with Gasteiger partial charge in [0.1, 0.15) is 5.75 Å². The van der Waals surface area contributed by atoms with Gasteiger partial charge in [0.15, 0.2) is 5.96 Å². The summed E-state index contributed by atoms with van der Waals surface area (Å²) in [5, 5.41) is 17.0. The summed E-state index contributed by atoms with van der Waals surface area (Å²) in [6.07, 6.45) is 5.32. The first-order valence-corrected chi connectivity index (χ1v) is 10.1. The number of hydrogen-bond donors (Lipinski definition) is 3. The second-order valence-electron chi connectivity index (χ2n) is 6.98. The number of ether oxygens (including phenoxy) is 2. The predicted molar refractivity (Wildman–Crippen MR) is 109 cm³/mol. The van der Waals surface area contributed by atoms with Crippen molar-refractivity contribution in [3.8, 4) is 5.75 Å². The Bertz CT molecular complexity index is 542. The fraction of sp³-hybridized carbons (Fsp3) is 0.667. The lowest BCUT2D eigenvalue weighted by Gasteiger charge is -2.20. The number of aliphatic imine (C=N–C) groups is 1. The van der Waals surface area contributed by atoms with Gasteiger partial charge in [0, 0.05) is 26.3 Å². The Hall–Kier alpha value is -1.79. The fourth-order valence-corrected chi connectivity index (χ4v) is 3.31. The van der Waals surface area contributed by atoms with Gasteiger partial charge in [0.2, 0.25) is 0 Å². The number of hydrogen-bond acceptors (Lipinski definition) is 4. The van der Waals surface area contributed by atoms with Crippen molar-refractivity contribution in [3.05, 3.63) is 29.8 Å². The summed E-state index contributed by atoms with van der Waals surface area (Å²) in [4.78, 5) is 4.67. The van der Waals surface area contributed by atoms with Crippen molar-refractivity contribution in [1.82, 2.24) is 10.6 Å². The van der Waals surface area contributed by atoms with E-state index < -0.39 is 0 Å². The third kappa shape index (κ3) is 8.18. The van der Waals surface area contributed by atoms with Crippen LogP contribution in [0.1, 0.15) is 44.6 Å². The molecule has 1 fully saturated rings. The lowest BCUT2D eigenvalue weighted by Crippen LogP contribution is -2.43. The maximum Gasteiger partial charge on any atom is 0.191 e. The Kier molecular flexibility index (Phi) is 10.0. The van der Waals surface area contributed by atoms with Crippen molar-refractivity contribution in [3.63, 3.8) is 0 Å². The number of nitrogens with zero attached hydrogens (tertiary/aromatic N) is 1. The van der Waals surface area contributed by atoms with Gasteiger partial charge in [-0.25, -0.2) is 4.99 Å². The molecule has 27 heavy (non-hydrogen) atoms. The highest BCUT2D eigenvalue weighted by Gasteiger charge is 2.23. The molecule has 0 aromatic heterocycles. The van der Waals surface area contributed by atoms with E-state index in [2.05, 4.69) is 15.6 Å². The second-order valence-corrected chi connectivity index (χ2v) is 6.98. The zero-order valence-corrected chi connectivity index (χ0v) is 16.7. The molecule has 1 aromatic rings. The van der Waals surface area contributed by atoms with Gasteiger partial charge < -0.3 is 25.2 Å². The zero-order valence-electron chi connectivity index (χ0n) is 16.7. The van der Waals surface area contributed by atoms with Crippen LogP contribution in [-0.2, 0) is 11.3 Å². The SMILES string of the molecule is CCOCCCNC(=NCc1ccc(OC)cc1)NCC(O)C1CCCC1. The standard InChI is InChI=1S/C21H35N3O3/c1-3-27-14-6-13-22-21(24-16-20(25)18-7-4-5-8-18)23-15-17-9-11-19(26-2)12-10-17/h9-12,18,20,25H,3-8,13-16H2,1-2H3,(H2,22,23,24). The number of aliphatic hydroxyl groups excluding tert-OH is 1. The first-order valence-electron chi connectivity index (χ1n) is 10.1. The number of benzene rings is 1. The van der Waals surface area contributed by atoms with Crippen LogP contribution in [0.5, 0.6) is 5.75 Å². The van der Waals surface area contributed by atoms with Crippen LogP contribution in [0.3, 0.4) is 0 Å². The summed E-state index contributed by atoms with van der Waals surface area (Å²) in [5.74, 6) is 1.99. The molecule has 0 radical (unpaired) electrons. The molecule has 1 unspecified atom stereocenters. The molecule has 0 bridgehead atoms. The number of nitrogens with one attached hydrogen (secondary N) is 2. The molecule has 6 heteroatoms. The molecule has 152 valence electrons. The maximum atomic E-state index is 10.4. The van der Waals surface area contributed by atoms with E-state index >= 15 is 0 Å².